The molecule has 0 bridgehead atoms. The number of hydrogen-bond acceptors (Lipinski definition) is 5. The highest BCUT2D eigenvalue weighted by Gasteiger charge is 2.16. The van der Waals surface area contributed by atoms with Crippen LogP contribution in [0.1, 0.15) is 32.8 Å². The van der Waals surface area contributed by atoms with E-state index in [4.69, 9.17) is 20.9 Å². The van der Waals surface area contributed by atoms with Gasteiger partial charge in [0.05, 0.1) is 16.6 Å². The molecule has 0 unspecified atom stereocenters. The summed E-state index contributed by atoms with van der Waals surface area (Å²) in [6, 6.07) is 11.3. The van der Waals surface area contributed by atoms with E-state index in [-0.39, 0.29) is 11.9 Å². The van der Waals surface area contributed by atoms with Crippen LogP contribution in [0, 0.1) is 0 Å². The van der Waals surface area contributed by atoms with Crippen molar-refractivity contribution in [1.29, 1.82) is 0 Å². The van der Waals surface area contributed by atoms with Crippen molar-refractivity contribution < 1.29 is 14.1 Å². The highest BCUT2D eigenvalue weighted by Crippen LogP contribution is 2.33. The van der Waals surface area contributed by atoms with Gasteiger partial charge in [0.25, 0.3) is 5.89 Å². The summed E-state index contributed by atoms with van der Waals surface area (Å²) >= 11 is 6.34. The molecule has 0 saturated carbocycles. The second-order valence-electron chi connectivity index (χ2n) is 7.48. The van der Waals surface area contributed by atoms with Crippen molar-refractivity contribution >= 4 is 28.3 Å². The fourth-order valence-corrected chi connectivity index (χ4v) is 3.57. The van der Waals surface area contributed by atoms with E-state index < -0.39 is 0 Å². The largest absolute Gasteiger partial charge is 0.489 e. The minimum Gasteiger partial charge on any atom is -0.489 e. The number of carbonyl (C=O) groups excluding carboxylic acids is 1. The molecule has 0 saturated heterocycles. The zero-order valence-corrected chi connectivity index (χ0v) is 17.8. The number of carbonyl (C=O) groups is 1. The summed E-state index contributed by atoms with van der Waals surface area (Å²) in [6.45, 7) is 5.50. The zero-order valence-electron chi connectivity index (χ0n) is 17.0. The Labute approximate surface area is 179 Å². The number of hydrogen-bond donors (Lipinski definition) is 1. The number of Topliss-reactive ketones (excluding diaryl/α,β-unsaturated/α-hetero) is 1. The Morgan fingerprint density at radius 2 is 2.10 bits per heavy atom. The summed E-state index contributed by atoms with van der Waals surface area (Å²) in [7, 11) is 0. The summed E-state index contributed by atoms with van der Waals surface area (Å²) in [4.78, 5) is 19.2. The number of fused-ring (bicyclic) bond motifs is 1. The Bertz CT molecular complexity index is 1210. The van der Waals surface area contributed by atoms with Gasteiger partial charge in [0.2, 0.25) is 5.82 Å². The normalized spacial score (nSPS) is 11.4. The first-order chi connectivity index (χ1) is 14.4. The highest BCUT2D eigenvalue weighted by atomic mass is 35.5. The van der Waals surface area contributed by atoms with E-state index in [2.05, 4.69) is 15.1 Å². The molecule has 154 valence electrons. The molecule has 2 heterocycles. The maximum Gasteiger partial charge on any atom is 0.258 e. The van der Waals surface area contributed by atoms with Crippen LogP contribution in [-0.4, -0.2) is 27.0 Å². The van der Waals surface area contributed by atoms with Gasteiger partial charge in [0.1, 0.15) is 11.5 Å². The van der Waals surface area contributed by atoms with Crippen LogP contribution < -0.4 is 4.74 Å². The number of nitrogens with one attached hydrogen (secondary N) is 1. The molecule has 6 nitrogen and oxygen atoms in total. The number of halogens is 1. The van der Waals surface area contributed by atoms with Gasteiger partial charge in [0, 0.05) is 29.1 Å². The fourth-order valence-electron chi connectivity index (χ4n) is 3.35. The molecule has 0 radical (unpaired) electrons. The van der Waals surface area contributed by atoms with Gasteiger partial charge in [-0.2, -0.15) is 4.98 Å². The Morgan fingerprint density at radius 1 is 1.27 bits per heavy atom. The first-order valence-electron chi connectivity index (χ1n) is 9.81. The zero-order chi connectivity index (χ0) is 21.3. The van der Waals surface area contributed by atoms with Gasteiger partial charge < -0.3 is 19.0 Å². The molecule has 0 amide bonds. The van der Waals surface area contributed by atoms with Crippen LogP contribution in [0.4, 0.5) is 0 Å². The van der Waals surface area contributed by atoms with Crippen molar-refractivity contribution in [1.82, 2.24) is 15.1 Å². The summed E-state index contributed by atoms with van der Waals surface area (Å²) in [5, 5.41) is 5.70. The third-order valence-corrected chi connectivity index (χ3v) is 5.05. The molecule has 0 fully saturated rings. The molecule has 7 heteroatoms. The van der Waals surface area contributed by atoms with Crippen molar-refractivity contribution in [3.05, 3.63) is 53.2 Å². The van der Waals surface area contributed by atoms with Crippen LogP contribution >= 0.6 is 11.6 Å². The van der Waals surface area contributed by atoms with Gasteiger partial charge >= 0.3 is 0 Å². The van der Waals surface area contributed by atoms with Crippen molar-refractivity contribution in [2.24, 2.45) is 0 Å². The molecule has 0 aliphatic carbocycles. The summed E-state index contributed by atoms with van der Waals surface area (Å²) in [6.07, 6.45) is 3.18. The van der Waals surface area contributed by atoms with Crippen LogP contribution in [-0.2, 0) is 11.2 Å². The van der Waals surface area contributed by atoms with E-state index in [1.165, 1.54) is 0 Å². The molecular formula is C23H22ClN3O3. The van der Waals surface area contributed by atoms with Crippen LogP contribution in [0.25, 0.3) is 33.7 Å². The third kappa shape index (κ3) is 4.09. The number of nitrogens with zero attached hydrogens (tertiary/aromatic N) is 2. The van der Waals surface area contributed by atoms with Crippen LogP contribution in [0.5, 0.6) is 5.75 Å². The summed E-state index contributed by atoms with van der Waals surface area (Å²) in [5.74, 6) is 1.65. The smallest absolute Gasteiger partial charge is 0.258 e. The van der Waals surface area contributed by atoms with Crippen LogP contribution in [0.15, 0.2) is 47.1 Å². The lowest BCUT2D eigenvalue weighted by Gasteiger charge is -2.11. The molecule has 2 aromatic heterocycles. The predicted octanol–water partition coefficient (Wildman–Crippen LogP) is 5.85. The molecule has 30 heavy (non-hydrogen) atoms. The van der Waals surface area contributed by atoms with Gasteiger partial charge in [0.15, 0.2) is 0 Å². The number of rotatable bonds is 7. The fraction of sp³-hybridized carbons (Fsp3) is 0.261. The summed E-state index contributed by atoms with van der Waals surface area (Å²) < 4.78 is 11.2. The molecule has 0 aliphatic heterocycles. The first-order valence-corrected chi connectivity index (χ1v) is 10.2. The van der Waals surface area contributed by atoms with Crippen LogP contribution in [0.3, 0.4) is 0 Å². The number of H-pyrrole nitrogens is 1. The Balaban J connectivity index is 1.65. The molecule has 2 aromatic carbocycles. The number of aromatic nitrogens is 3. The molecule has 0 atom stereocenters. The molecule has 4 aromatic rings. The van der Waals surface area contributed by atoms with Crippen molar-refractivity contribution in [3.63, 3.8) is 0 Å². The lowest BCUT2D eigenvalue weighted by molar-refractivity contribution is -0.116. The van der Waals surface area contributed by atoms with E-state index in [1.807, 2.05) is 44.3 Å². The number of para-hydroxylation sites is 1. The van der Waals surface area contributed by atoms with Crippen LogP contribution in [0.2, 0.25) is 5.02 Å². The number of ether oxygens (including phenoxy) is 1. The number of benzene rings is 2. The van der Waals surface area contributed by atoms with E-state index in [9.17, 15) is 4.79 Å². The predicted molar refractivity (Wildman–Crippen MR) is 117 cm³/mol. The lowest BCUT2D eigenvalue weighted by Crippen LogP contribution is -2.05. The maximum atomic E-state index is 11.3. The number of aromatic amines is 1. The van der Waals surface area contributed by atoms with E-state index >= 15 is 0 Å². The van der Waals surface area contributed by atoms with E-state index in [0.29, 0.717) is 35.3 Å². The van der Waals surface area contributed by atoms with Gasteiger partial charge in [-0.05, 0) is 57.0 Å². The average molecular weight is 424 g/mol. The average Bonchev–Trinajstić information content (AvgIpc) is 3.34. The van der Waals surface area contributed by atoms with E-state index in [1.54, 1.807) is 19.1 Å². The Kier molecular flexibility index (Phi) is 5.59. The standard InChI is InChI=1S/C23H22ClN3O3/c1-13(2)29-20-10-9-15(11-19(20)24)23-26-22(27-30-23)18-6-4-5-17-16(8-7-14(3)28)12-25-21(17)18/h4-6,9-13,25H,7-8H2,1-3H3. The Morgan fingerprint density at radius 3 is 2.83 bits per heavy atom. The second kappa shape index (κ2) is 8.32. The minimum absolute atomic E-state index is 0.0324. The molecule has 1 N–H and O–H groups in total. The topological polar surface area (TPSA) is 81.0 Å². The molecular weight excluding hydrogens is 402 g/mol. The molecule has 0 aliphatic rings. The molecule has 4 rings (SSSR count). The third-order valence-electron chi connectivity index (χ3n) is 4.76. The van der Waals surface area contributed by atoms with Gasteiger partial charge in [-0.1, -0.05) is 28.9 Å². The lowest BCUT2D eigenvalue weighted by atomic mass is 10.0. The second-order valence-corrected chi connectivity index (χ2v) is 7.89. The van der Waals surface area contributed by atoms with Gasteiger partial charge in [-0.15, -0.1) is 0 Å². The number of aryl methyl sites for hydroxylation is 1. The van der Waals surface area contributed by atoms with Crippen molar-refractivity contribution in [2.45, 2.75) is 39.7 Å². The number of ketones is 1. The SMILES string of the molecule is CC(=O)CCc1c[nH]c2c(-c3noc(-c4ccc(OC(C)C)c(Cl)c4)n3)cccc12. The minimum atomic E-state index is 0.0324. The molecule has 0 spiro atoms. The summed E-state index contributed by atoms with van der Waals surface area (Å²) in [5.41, 5.74) is 3.57. The monoisotopic (exact) mass is 423 g/mol. The van der Waals surface area contributed by atoms with Crippen molar-refractivity contribution in [2.75, 3.05) is 0 Å². The Hall–Kier alpha value is -3.12. The first kappa shape index (κ1) is 20.2. The van der Waals surface area contributed by atoms with Gasteiger partial charge in [-0.25, -0.2) is 0 Å². The maximum absolute atomic E-state index is 11.3. The quantitative estimate of drug-likeness (QED) is 0.403. The van der Waals surface area contributed by atoms with Gasteiger partial charge in [-0.3, -0.25) is 0 Å². The van der Waals surface area contributed by atoms with E-state index in [0.717, 1.165) is 27.6 Å². The highest BCUT2D eigenvalue weighted by molar-refractivity contribution is 6.32. The van der Waals surface area contributed by atoms with Crippen molar-refractivity contribution in [3.8, 4) is 28.6 Å².